The second kappa shape index (κ2) is 5.34. The monoisotopic (exact) mass is 298 g/mol. The van der Waals surface area contributed by atoms with Crippen LogP contribution in [0.2, 0.25) is 10.0 Å². The van der Waals surface area contributed by atoms with E-state index in [-0.39, 0.29) is 17.3 Å². The molecule has 0 unspecified atom stereocenters. The van der Waals surface area contributed by atoms with Gasteiger partial charge in [-0.1, -0.05) is 23.2 Å². The molecule has 1 aromatic carbocycles. The van der Waals surface area contributed by atoms with Gasteiger partial charge in [-0.3, -0.25) is 0 Å². The molecule has 0 saturated carbocycles. The van der Waals surface area contributed by atoms with Crippen LogP contribution in [0, 0.1) is 0 Å². The van der Waals surface area contributed by atoms with Gasteiger partial charge in [0.05, 0.1) is 15.7 Å². The van der Waals surface area contributed by atoms with E-state index in [2.05, 4.69) is 4.98 Å². The van der Waals surface area contributed by atoms with Crippen LogP contribution in [-0.2, 0) is 0 Å². The Balaban J connectivity index is 2.34. The Morgan fingerprint density at radius 1 is 1.21 bits per heavy atom. The van der Waals surface area contributed by atoms with Crippen LogP contribution in [0.4, 0.5) is 5.69 Å². The van der Waals surface area contributed by atoms with Crippen LogP contribution in [-0.4, -0.2) is 16.1 Å². The number of carboxylic acids is 1. The summed E-state index contributed by atoms with van der Waals surface area (Å²) in [5.74, 6) is -0.812. The van der Waals surface area contributed by atoms with E-state index in [0.717, 1.165) is 0 Å². The molecule has 0 aliphatic rings. The van der Waals surface area contributed by atoms with Crippen molar-refractivity contribution in [3.63, 3.8) is 0 Å². The van der Waals surface area contributed by atoms with Crippen molar-refractivity contribution in [3.05, 3.63) is 46.1 Å². The third-order valence-corrected chi connectivity index (χ3v) is 2.95. The molecule has 1 heterocycles. The predicted octanol–water partition coefficient (Wildman–Crippen LogP) is 3.46. The van der Waals surface area contributed by atoms with Gasteiger partial charge in [-0.2, -0.15) is 0 Å². The molecule has 7 heteroatoms. The van der Waals surface area contributed by atoms with Gasteiger partial charge in [-0.05, 0) is 24.3 Å². The Hall–Kier alpha value is -1.98. The molecule has 19 heavy (non-hydrogen) atoms. The molecular weight excluding hydrogens is 291 g/mol. The normalized spacial score (nSPS) is 10.2. The van der Waals surface area contributed by atoms with Gasteiger partial charge in [0.2, 0.25) is 5.88 Å². The highest BCUT2D eigenvalue weighted by atomic mass is 35.5. The van der Waals surface area contributed by atoms with Crippen LogP contribution in [0.1, 0.15) is 10.5 Å². The van der Waals surface area contributed by atoms with Crippen molar-refractivity contribution in [2.75, 3.05) is 5.73 Å². The average Bonchev–Trinajstić information content (AvgIpc) is 2.36. The fourth-order valence-corrected chi connectivity index (χ4v) is 1.59. The first-order chi connectivity index (χ1) is 8.97. The van der Waals surface area contributed by atoms with Gasteiger partial charge in [-0.15, -0.1) is 0 Å². The summed E-state index contributed by atoms with van der Waals surface area (Å²) in [7, 11) is 0. The summed E-state index contributed by atoms with van der Waals surface area (Å²) < 4.78 is 5.39. The lowest BCUT2D eigenvalue weighted by Crippen LogP contribution is -2.03. The number of anilines is 1. The van der Waals surface area contributed by atoms with Crippen molar-refractivity contribution in [3.8, 4) is 11.6 Å². The Morgan fingerprint density at radius 3 is 2.58 bits per heavy atom. The summed E-state index contributed by atoms with van der Waals surface area (Å²) in [4.78, 5) is 14.6. The fourth-order valence-electron chi connectivity index (χ4n) is 1.30. The third kappa shape index (κ3) is 3.07. The second-order valence-corrected chi connectivity index (χ2v) is 4.39. The number of nitrogens with zero attached hydrogens (tertiary/aromatic N) is 1. The minimum absolute atomic E-state index is 0.00158. The molecule has 0 fully saturated rings. The lowest BCUT2D eigenvalue weighted by Gasteiger charge is -2.08. The standard InChI is InChI=1S/C12H8Cl2N2O3/c13-7-2-1-6(5-8(7)14)19-11-9(15)3-4-10(16-11)12(17)18/h1-5H,15H2,(H,17,18). The molecule has 3 N–H and O–H groups in total. The van der Waals surface area contributed by atoms with Crippen LogP contribution in [0.25, 0.3) is 0 Å². The van der Waals surface area contributed by atoms with Crippen molar-refractivity contribution in [2.45, 2.75) is 0 Å². The van der Waals surface area contributed by atoms with Crippen LogP contribution < -0.4 is 10.5 Å². The van der Waals surface area contributed by atoms with E-state index >= 15 is 0 Å². The quantitative estimate of drug-likeness (QED) is 0.906. The van der Waals surface area contributed by atoms with Gasteiger partial charge >= 0.3 is 5.97 Å². The Kier molecular flexibility index (Phi) is 3.78. The van der Waals surface area contributed by atoms with E-state index in [1.54, 1.807) is 12.1 Å². The van der Waals surface area contributed by atoms with E-state index < -0.39 is 5.97 Å². The van der Waals surface area contributed by atoms with Gasteiger partial charge in [0.1, 0.15) is 5.75 Å². The molecule has 0 radical (unpaired) electrons. The highest BCUT2D eigenvalue weighted by Gasteiger charge is 2.11. The van der Waals surface area contributed by atoms with Crippen LogP contribution >= 0.6 is 23.2 Å². The molecular formula is C12H8Cl2N2O3. The number of hydrogen-bond donors (Lipinski definition) is 2. The molecule has 0 atom stereocenters. The van der Waals surface area contributed by atoms with E-state index in [4.69, 9.17) is 38.8 Å². The predicted molar refractivity (Wildman–Crippen MR) is 72.1 cm³/mol. The number of pyridine rings is 1. The number of halogens is 2. The van der Waals surface area contributed by atoms with Crippen molar-refractivity contribution in [1.29, 1.82) is 0 Å². The average molecular weight is 299 g/mol. The largest absolute Gasteiger partial charge is 0.477 e. The maximum atomic E-state index is 10.8. The third-order valence-electron chi connectivity index (χ3n) is 2.21. The number of ether oxygens (including phenoxy) is 1. The fraction of sp³-hybridized carbons (Fsp3) is 0. The molecule has 1 aromatic heterocycles. The lowest BCUT2D eigenvalue weighted by atomic mass is 10.3. The number of hydrogen-bond acceptors (Lipinski definition) is 4. The summed E-state index contributed by atoms with van der Waals surface area (Å²) in [6.07, 6.45) is 0. The van der Waals surface area contributed by atoms with Gasteiger partial charge in [0.15, 0.2) is 5.69 Å². The summed E-state index contributed by atoms with van der Waals surface area (Å²) in [6.45, 7) is 0. The van der Waals surface area contributed by atoms with Gasteiger partial charge in [0.25, 0.3) is 0 Å². The van der Waals surface area contributed by atoms with Gasteiger partial charge < -0.3 is 15.6 Å². The molecule has 0 aliphatic carbocycles. The Morgan fingerprint density at radius 2 is 1.95 bits per heavy atom. The smallest absolute Gasteiger partial charge is 0.354 e. The second-order valence-electron chi connectivity index (χ2n) is 3.57. The SMILES string of the molecule is Nc1ccc(C(=O)O)nc1Oc1ccc(Cl)c(Cl)c1. The zero-order chi connectivity index (χ0) is 14.0. The first-order valence-electron chi connectivity index (χ1n) is 5.10. The molecule has 98 valence electrons. The van der Waals surface area contributed by atoms with Crippen LogP contribution in [0.15, 0.2) is 30.3 Å². The molecule has 0 amide bonds. The minimum Gasteiger partial charge on any atom is -0.477 e. The number of nitrogen functional groups attached to an aromatic ring is 1. The summed E-state index contributed by atoms with van der Waals surface area (Å²) in [5, 5.41) is 9.55. The van der Waals surface area contributed by atoms with Crippen molar-refractivity contribution in [1.82, 2.24) is 4.98 Å². The molecule has 0 aliphatic heterocycles. The molecule has 0 saturated heterocycles. The van der Waals surface area contributed by atoms with Crippen molar-refractivity contribution < 1.29 is 14.6 Å². The highest BCUT2D eigenvalue weighted by Crippen LogP contribution is 2.30. The molecule has 2 rings (SSSR count). The molecule has 0 spiro atoms. The van der Waals surface area contributed by atoms with E-state index in [1.807, 2.05) is 0 Å². The number of carboxylic acid groups (broad SMARTS) is 1. The number of benzene rings is 1. The number of carbonyl (C=O) groups is 1. The van der Waals surface area contributed by atoms with Crippen LogP contribution in [0.5, 0.6) is 11.6 Å². The van der Waals surface area contributed by atoms with E-state index in [9.17, 15) is 4.79 Å². The maximum absolute atomic E-state index is 10.8. The topological polar surface area (TPSA) is 85.4 Å². The van der Waals surface area contributed by atoms with Gasteiger partial charge in [0, 0.05) is 6.07 Å². The first-order valence-corrected chi connectivity index (χ1v) is 5.85. The van der Waals surface area contributed by atoms with Crippen molar-refractivity contribution >= 4 is 34.9 Å². The Bertz CT molecular complexity index is 647. The number of rotatable bonds is 3. The van der Waals surface area contributed by atoms with Crippen molar-refractivity contribution in [2.24, 2.45) is 0 Å². The van der Waals surface area contributed by atoms with Gasteiger partial charge in [-0.25, -0.2) is 9.78 Å². The van der Waals surface area contributed by atoms with Crippen LogP contribution in [0.3, 0.4) is 0 Å². The number of aromatic nitrogens is 1. The minimum atomic E-state index is -1.17. The highest BCUT2D eigenvalue weighted by molar-refractivity contribution is 6.42. The molecule has 0 bridgehead atoms. The first kappa shape index (κ1) is 13.5. The zero-order valence-corrected chi connectivity index (χ0v) is 10.9. The summed E-state index contributed by atoms with van der Waals surface area (Å²) >= 11 is 11.6. The summed E-state index contributed by atoms with van der Waals surface area (Å²) in [6, 6.07) is 7.31. The van der Waals surface area contributed by atoms with E-state index in [1.165, 1.54) is 18.2 Å². The molecule has 5 nitrogen and oxygen atoms in total. The number of aromatic carboxylic acids is 1. The Labute approximate surface area is 118 Å². The maximum Gasteiger partial charge on any atom is 0.354 e. The lowest BCUT2D eigenvalue weighted by molar-refractivity contribution is 0.0689. The summed E-state index contributed by atoms with van der Waals surface area (Å²) in [5.41, 5.74) is 5.72. The molecule has 2 aromatic rings. The zero-order valence-electron chi connectivity index (χ0n) is 9.43. The number of nitrogens with two attached hydrogens (primary N) is 1. The van der Waals surface area contributed by atoms with E-state index in [0.29, 0.717) is 15.8 Å².